The van der Waals surface area contributed by atoms with E-state index in [9.17, 15) is 15.0 Å². The minimum atomic E-state index is -1.04. The molecule has 130 valence electrons. The van der Waals surface area contributed by atoms with Gasteiger partial charge in [0.25, 0.3) is 0 Å². The van der Waals surface area contributed by atoms with E-state index in [1.807, 2.05) is 13.0 Å². The Morgan fingerprint density at radius 1 is 1.30 bits per heavy atom. The number of aliphatic hydroxyl groups excluding tert-OH is 1. The molecular formula is C20H32O3. The summed E-state index contributed by atoms with van der Waals surface area (Å²) in [7, 11) is 0. The lowest BCUT2D eigenvalue weighted by Gasteiger charge is -2.24. The number of Topliss-reactive ketones (excluding diaryl/α,β-unsaturated/α-hetero) is 1. The van der Waals surface area contributed by atoms with Crippen molar-refractivity contribution in [2.45, 2.75) is 71.5 Å². The number of carbonyl (C=O) groups is 1. The van der Waals surface area contributed by atoms with Gasteiger partial charge in [0.05, 0.1) is 11.7 Å². The van der Waals surface area contributed by atoms with Gasteiger partial charge in [-0.05, 0) is 50.5 Å². The highest BCUT2D eigenvalue weighted by Crippen LogP contribution is 2.25. The van der Waals surface area contributed by atoms with Gasteiger partial charge in [-0.25, -0.2) is 0 Å². The van der Waals surface area contributed by atoms with Gasteiger partial charge in [0, 0.05) is 12.8 Å². The van der Waals surface area contributed by atoms with Crippen LogP contribution in [-0.2, 0) is 4.79 Å². The molecule has 0 aromatic carbocycles. The fourth-order valence-corrected chi connectivity index (χ4v) is 2.91. The van der Waals surface area contributed by atoms with E-state index < -0.39 is 11.7 Å². The maximum Gasteiger partial charge on any atom is 0.158 e. The summed E-state index contributed by atoms with van der Waals surface area (Å²) in [5.41, 5.74) is 0.608. The number of carbonyl (C=O) groups excluding carboxylic acids is 1. The van der Waals surface area contributed by atoms with Crippen molar-refractivity contribution >= 4 is 5.78 Å². The third kappa shape index (κ3) is 7.28. The van der Waals surface area contributed by atoms with E-state index in [0.717, 1.165) is 12.0 Å². The predicted molar refractivity (Wildman–Crippen MR) is 95.1 cm³/mol. The first kappa shape index (κ1) is 19.9. The molecule has 2 N–H and O–H groups in total. The third-order valence-electron chi connectivity index (χ3n) is 4.58. The van der Waals surface area contributed by atoms with Gasteiger partial charge in [0.1, 0.15) is 0 Å². The van der Waals surface area contributed by atoms with E-state index in [0.29, 0.717) is 30.8 Å². The van der Waals surface area contributed by atoms with Crippen molar-refractivity contribution in [2.24, 2.45) is 11.8 Å². The molecule has 3 nitrogen and oxygen atoms in total. The monoisotopic (exact) mass is 320 g/mol. The van der Waals surface area contributed by atoms with Crippen molar-refractivity contribution in [3.63, 3.8) is 0 Å². The van der Waals surface area contributed by atoms with Gasteiger partial charge < -0.3 is 10.2 Å². The maximum atomic E-state index is 12.1. The Hall–Kier alpha value is -1.19. The molecule has 23 heavy (non-hydrogen) atoms. The first-order chi connectivity index (χ1) is 10.6. The Balaban J connectivity index is 3.01. The van der Waals surface area contributed by atoms with Crippen molar-refractivity contribution in [3.8, 4) is 0 Å². The van der Waals surface area contributed by atoms with Crippen LogP contribution in [0.1, 0.15) is 59.8 Å². The molecule has 0 saturated carbocycles. The number of hydrogen-bond acceptors (Lipinski definition) is 3. The highest BCUT2D eigenvalue weighted by Gasteiger charge is 2.22. The second-order valence-electron chi connectivity index (χ2n) is 7.47. The molecular weight excluding hydrogens is 288 g/mol. The van der Waals surface area contributed by atoms with Crippen LogP contribution >= 0.6 is 0 Å². The fraction of sp³-hybridized carbons (Fsp3) is 0.650. The molecule has 0 heterocycles. The average molecular weight is 320 g/mol. The summed E-state index contributed by atoms with van der Waals surface area (Å²) < 4.78 is 0. The molecule has 0 aromatic heterocycles. The number of rotatable bonds is 1. The van der Waals surface area contributed by atoms with Gasteiger partial charge in [-0.3, -0.25) is 4.79 Å². The molecule has 3 atom stereocenters. The summed E-state index contributed by atoms with van der Waals surface area (Å²) in [6.45, 7) is 11.8. The van der Waals surface area contributed by atoms with Gasteiger partial charge in [-0.15, -0.1) is 0 Å². The van der Waals surface area contributed by atoms with Crippen molar-refractivity contribution in [1.82, 2.24) is 0 Å². The first-order valence-corrected chi connectivity index (χ1v) is 8.59. The van der Waals surface area contributed by atoms with Crippen LogP contribution in [0.5, 0.6) is 0 Å². The lowest BCUT2D eigenvalue weighted by molar-refractivity contribution is -0.115. The Morgan fingerprint density at radius 3 is 2.57 bits per heavy atom. The lowest BCUT2D eigenvalue weighted by Crippen LogP contribution is -2.27. The third-order valence-corrected chi connectivity index (χ3v) is 4.58. The first-order valence-electron chi connectivity index (χ1n) is 8.59. The molecule has 0 radical (unpaired) electrons. The van der Waals surface area contributed by atoms with Gasteiger partial charge in [-0.2, -0.15) is 0 Å². The number of hydrogen-bond donors (Lipinski definition) is 2. The minimum Gasteiger partial charge on any atom is -0.389 e. The average Bonchev–Trinajstić information content (AvgIpc) is 2.42. The van der Waals surface area contributed by atoms with Crippen molar-refractivity contribution in [3.05, 3.63) is 36.0 Å². The minimum absolute atomic E-state index is 0.114. The normalized spacial score (nSPS) is 35.5. The number of aliphatic hydroxyl groups is 2. The molecule has 0 spiro atoms. The van der Waals surface area contributed by atoms with Crippen molar-refractivity contribution in [1.29, 1.82) is 0 Å². The summed E-state index contributed by atoms with van der Waals surface area (Å²) in [5, 5.41) is 20.6. The topological polar surface area (TPSA) is 57.5 Å². The Kier molecular flexibility index (Phi) is 7.43. The lowest BCUT2D eigenvalue weighted by atomic mass is 9.86. The van der Waals surface area contributed by atoms with Crippen LogP contribution < -0.4 is 0 Å². The smallest absolute Gasteiger partial charge is 0.158 e. The molecule has 1 aliphatic rings. The van der Waals surface area contributed by atoms with Gasteiger partial charge in [0.15, 0.2) is 5.78 Å². The summed E-state index contributed by atoms with van der Waals surface area (Å²) in [6, 6.07) is 0. The van der Waals surface area contributed by atoms with Gasteiger partial charge in [-0.1, -0.05) is 44.2 Å². The Morgan fingerprint density at radius 2 is 1.96 bits per heavy atom. The summed E-state index contributed by atoms with van der Waals surface area (Å²) in [4.78, 5) is 12.1. The van der Waals surface area contributed by atoms with Gasteiger partial charge >= 0.3 is 0 Å². The van der Waals surface area contributed by atoms with Crippen LogP contribution in [0.4, 0.5) is 0 Å². The van der Waals surface area contributed by atoms with Crippen LogP contribution in [-0.4, -0.2) is 27.7 Å². The number of ketones is 1. The zero-order chi connectivity index (χ0) is 17.6. The van der Waals surface area contributed by atoms with E-state index in [1.54, 1.807) is 19.1 Å². The zero-order valence-corrected chi connectivity index (χ0v) is 15.0. The Labute approximate surface area is 140 Å². The molecule has 3 heteroatoms. The van der Waals surface area contributed by atoms with Crippen molar-refractivity contribution < 1.29 is 15.0 Å². The molecule has 0 unspecified atom stereocenters. The zero-order valence-electron chi connectivity index (χ0n) is 15.0. The summed E-state index contributed by atoms with van der Waals surface area (Å²) in [5.74, 6) is 0.816. The second-order valence-corrected chi connectivity index (χ2v) is 7.47. The van der Waals surface area contributed by atoms with Crippen molar-refractivity contribution in [2.75, 3.05) is 0 Å². The molecule has 0 saturated heterocycles. The summed E-state index contributed by atoms with van der Waals surface area (Å²) >= 11 is 0. The van der Waals surface area contributed by atoms with Crippen LogP contribution in [0, 0.1) is 11.8 Å². The molecule has 0 aromatic rings. The summed E-state index contributed by atoms with van der Waals surface area (Å²) in [6.07, 6.45) is 7.71. The van der Waals surface area contributed by atoms with Crippen LogP contribution in [0.2, 0.25) is 0 Å². The highest BCUT2D eigenvalue weighted by molar-refractivity contribution is 5.94. The van der Waals surface area contributed by atoms with Crippen LogP contribution in [0.25, 0.3) is 0 Å². The van der Waals surface area contributed by atoms with E-state index in [-0.39, 0.29) is 18.1 Å². The molecule has 1 rings (SSSR count). The molecule has 0 amide bonds. The molecule has 1 aliphatic carbocycles. The molecule has 0 bridgehead atoms. The van der Waals surface area contributed by atoms with E-state index >= 15 is 0 Å². The van der Waals surface area contributed by atoms with Gasteiger partial charge in [0.2, 0.25) is 0 Å². The highest BCUT2D eigenvalue weighted by atomic mass is 16.3. The predicted octanol–water partition coefficient (Wildman–Crippen LogP) is 3.96. The molecule has 0 aliphatic heterocycles. The molecule has 0 fully saturated rings. The SMILES string of the molecule is C=C1CC[C@@H](C(C)C)/C=C/[C@@](C)(O)C[C@@H](O)/C=C(\C)CCC1=O. The quantitative estimate of drug-likeness (QED) is 0.568. The second kappa shape index (κ2) is 8.60. The van der Waals surface area contributed by atoms with Crippen LogP contribution in [0.15, 0.2) is 36.0 Å². The van der Waals surface area contributed by atoms with Crippen LogP contribution in [0.3, 0.4) is 0 Å². The van der Waals surface area contributed by atoms with E-state index in [2.05, 4.69) is 20.4 Å². The largest absolute Gasteiger partial charge is 0.389 e. The standard InChI is InChI=1S/C20H32O3/c1-14(2)17-8-7-16(4)19(22)9-6-15(3)12-18(21)13-20(5,23)11-10-17/h10-12,14,17-18,21,23H,4,6-9,13H2,1-3,5H3/b11-10+,15-12+/t17-,18+,20-/m1/s1. The Bertz CT molecular complexity index is 483. The van der Waals surface area contributed by atoms with E-state index in [4.69, 9.17) is 0 Å². The maximum absolute atomic E-state index is 12.1. The van der Waals surface area contributed by atoms with E-state index in [1.165, 1.54) is 0 Å². The fourth-order valence-electron chi connectivity index (χ4n) is 2.91. The number of allylic oxidation sites excluding steroid dienone is 3.